The first kappa shape index (κ1) is 15.7. The highest BCUT2D eigenvalue weighted by atomic mass is 32.1. The van der Waals surface area contributed by atoms with E-state index in [-0.39, 0.29) is 16.0 Å². The Morgan fingerprint density at radius 3 is 2.90 bits per heavy atom. The monoisotopic (exact) mass is 309 g/mol. The first-order valence-corrected chi connectivity index (χ1v) is 7.56. The summed E-state index contributed by atoms with van der Waals surface area (Å²) in [5.41, 5.74) is 2.63. The number of hydrogen-bond acceptors (Lipinski definition) is 6. The van der Waals surface area contributed by atoms with E-state index in [1.54, 1.807) is 18.7 Å². The molecule has 0 fully saturated rings. The fourth-order valence-corrected chi connectivity index (χ4v) is 2.72. The van der Waals surface area contributed by atoms with Crippen LogP contribution < -0.4 is 5.32 Å². The number of anilines is 1. The second kappa shape index (κ2) is 6.36. The Kier molecular flexibility index (Phi) is 4.74. The highest BCUT2D eigenvalue weighted by Gasteiger charge is 2.23. The zero-order valence-electron chi connectivity index (χ0n) is 12.4. The van der Waals surface area contributed by atoms with Gasteiger partial charge in [-0.2, -0.15) is 0 Å². The number of nitro groups is 1. The van der Waals surface area contributed by atoms with Crippen LogP contribution in [-0.4, -0.2) is 30.2 Å². The molecule has 6 nitrogen and oxygen atoms in total. The predicted octanol–water partition coefficient (Wildman–Crippen LogP) is 3.68. The van der Waals surface area contributed by atoms with Crippen LogP contribution in [0.2, 0.25) is 0 Å². The third kappa shape index (κ3) is 3.68. The minimum Gasteiger partial charge on any atom is -0.385 e. The number of nitrogens with zero attached hydrogens (tertiary/aromatic N) is 2. The van der Waals surface area contributed by atoms with Crippen molar-refractivity contribution in [1.29, 1.82) is 0 Å². The molecule has 0 unspecified atom stereocenters. The average Bonchev–Trinajstić information content (AvgIpc) is 2.90. The smallest absolute Gasteiger partial charge is 0.319 e. The van der Waals surface area contributed by atoms with Crippen LogP contribution in [0, 0.1) is 15.5 Å². The van der Waals surface area contributed by atoms with E-state index >= 15 is 0 Å². The van der Waals surface area contributed by atoms with E-state index in [1.807, 2.05) is 6.07 Å². The molecule has 0 bridgehead atoms. The summed E-state index contributed by atoms with van der Waals surface area (Å²) in [5.74, 6) is 0. The maximum Gasteiger partial charge on any atom is 0.319 e. The molecule has 0 saturated heterocycles. The number of nitro benzene ring substituents is 1. The molecule has 0 aliphatic rings. The van der Waals surface area contributed by atoms with Gasteiger partial charge in [-0.05, 0) is 24.0 Å². The van der Waals surface area contributed by atoms with E-state index in [2.05, 4.69) is 24.1 Å². The molecule has 0 saturated carbocycles. The average molecular weight is 309 g/mol. The van der Waals surface area contributed by atoms with Crippen molar-refractivity contribution < 1.29 is 9.66 Å². The van der Waals surface area contributed by atoms with Crippen LogP contribution in [0.25, 0.3) is 10.2 Å². The van der Waals surface area contributed by atoms with Gasteiger partial charge in [-0.15, -0.1) is 11.3 Å². The lowest BCUT2D eigenvalue weighted by Gasteiger charge is -2.25. The largest absolute Gasteiger partial charge is 0.385 e. The minimum atomic E-state index is -0.369. The molecule has 0 spiro atoms. The van der Waals surface area contributed by atoms with Gasteiger partial charge < -0.3 is 10.1 Å². The third-order valence-electron chi connectivity index (χ3n) is 3.40. The first-order chi connectivity index (χ1) is 9.94. The van der Waals surface area contributed by atoms with E-state index in [9.17, 15) is 10.1 Å². The van der Waals surface area contributed by atoms with E-state index in [4.69, 9.17) is 4.74 Å². The second-order valence-electron chi connectivity index (χ2n) is 5.68. The third-order valence-corrected chi connectivity index (χ3v) is 4.19. The summed E-state index contributed by atoms with van der Waals surface area (Å²) < 4.78 is 5.92. The van der Waals surface area contributed by atoms with Crippen molar-refractivity contribution in [2.75, 3.05) is 25.6 Å². The molecule has 7 heteroatoms. The van der Waals surface area contributed by atoms with Gasteiger partial charge >= 0.3 is 5.69 Å². The molecular weight excluding hydrogens is 290 g/mol. The van der Waals surface area contributed by atoms with Gasteiger partial charge in [0.15, 0.2) is 5.52 Å². The standard InChI is InChI=1S/C14H19N3O3S/c1-14(2,6-7-20-3)8-15-10-4-5-11-12(16-9-21-11)13(10)17(18)19/h4-5,9,15H,6-8H2,1-3H3. The van der Waals surface area contributed by atoms with Crippen molar-refractivity contribution in [3.63, 3.8) is 0 Å². The quantitative estimate of drug-likeness (QED) is 0.623. The summed E-state index contributed by atoms with van der Waals surface area (Å²) in [6.45, 7) is 5.51. The van der Waals surface area contributed by atoms with Crippen LogP contribution in [0.4, 0.5) is 11.4 Å². The van der Waals surface area contributed by atoms with Gasteiger partial charge in [0.2, 0.25) is 0 Å². The SMILES string of the molecule is COCCC(C)(C)CNc1ccc2scnc2c1[N+](=O)[O-]. The van der Waals surface area contributed by atoms with Gasteiger partial charge in [-0.1, -0.05) is 13.8 Å². The van der Waals surface area contributed by atoms with Gasteiger partial charge in [0.05, 0.1) is 15.1 Å². The summed E-state index contributed by atoms with van der Waals surface area (Å²) in [6, 6.07) is 3.62. The topological polar surface area (TPSA) is 77.3 Å². The number of methoxy groups -OCH3 is 1. The zero-order chi connectivity index (χ0) is 15.5. The number of thiazole rings is 1. The summed E-state index contributed by atoms with van der Waals surface area (Å²) in [7, 11) is 1.67. The summed E-state index contributed by atoms with van der Waals surface area (Å²) in [5, 5.41) is 14.5. The molecule has 1 N–H and O–H groups in total. The summed E-state index contributed by atoms with van der Waals surface area (Å²) in [6.07, 6.45) is 0.878. The molecule has 1 heterocycles. The number of fused-ring (bicyclic) bond motifs is 1. The molecule has 114 valence electrons. The Morgan fingerprint density at radius 2 is 2.24 bits per heavy atom. The molecule has 21 heavy (non-hydrogen) atoms. The van der Waals surface area contributed by atoms with Crippen molar-refractivity contribution in [3.05, 3.63) is 27.8 Å². The Labute approximate surface area is 127 Å². The van der Waals surface area contributed by atoms with Crippen molar-refractivity contribution in [1.82, 2.24) is 4.98 Å². The summed E-state index contributed by atoms with van der Waals surface area (Å²) >= 11 is 1.40. The molecular formula is C14H19N3O3S. The molecule has 0 aliphatic heterocycles. The molecule has 2 rings (SSSR count). The molecule has 2 aromatic rings. The van der Waals surface area contributed by atoms with Crippen molar-refractivity contribution in [2.45, 2.75) is 20.3 Å². The lowest BCUT2D eigenvalue weighted by Crippen LogP contribution is -2.25. The van der Waals surface area contributed by atoms with Crippen molar-refractivity contribution >= 4 is 32.9 Å². The van der Waals surface area contributed by atoms with Gasteiger partial charge in [0, 0.05) is 20.3 Å². The second-order valence-corrected chi connectivity index (χ2v) is 6.56. The van der Waals surface area contributed by atoms with E-state index < -0.39 is 0 Å². The van der Waals surface area contributed by atoms with Crippen LogP contribution in [0.15, 0.2) is 17.6 Å². The van der Waals surface area contributed by atoms with Crippen LogP contribution in [0.1, 0.15) is 20.3 Å². The normalized spacial score (nSPS) is 11.8. The Hall–Kier alpha value is -1.73. The number of rotatable bonds is 7. The molecule has 1 aromatic carbocycles. The number of hydrogen-bond donors (Lipinski definition) is 1. The fraction of sp³-hybridized carbons (Fsp3) is 0.500. The number of benzene rings is 1. The van der Waals surface area contributed by atoms with Gasteiger partial charge in [-0.3, -0.25) is 10.1 Å². The zero-order valence-corrected chi connectivity index (χ0v) is 13.2. The van der Waals surface area contributed by atoms with Crippen LogP contribution in [-0.2, 0) is 4.74 Å². The van der Waals surface area contributed by atoms with Crippen LogP contribution >= 0.6 is 11.3 Å². The molecule has 0 amide bonds. The van der Waals surface area contributed by atoms with E-state index in [0.717, 1.165) is 11.1 Å². The highest BCUT2D eigenvalue weighted by Crippen LogP contribution is 2.35. The van der Waals surface area contributed by atoms with E-state index in [0.29, 0.717) is 24.4 Å². The maximum absolute atomic E-state index is 11.3. The highest BCUT2D eigenvalue weighted by molar-refractivity contribution is 7.16. The van der Waals surface area contributed by atoms with E-state index in [1.165, 1.54) is 11.3 Å². The Bertz CT molecular complexity index is 639. The fourth-order valence-electron chi connectivity index (χ4n) is 2.05. The van der Waals surface area contributed by atoms with Crippen LogP contribution in [0.5, 0.6) is 0 Å². The molecule has 0 radical (unpaired) electrons. The molecule has 0 aliphatic carbocycles. The molecule has 1 aromatic heterocycles. The predicted molar refractivity (Wildman–Crippen MR) is 85.0 cm³/mol. The van der Waals surface area contributed by atoms with Gasteiger partial charge in [0.1, 0.15) is 5.69 Å². The number of ether oxygens (including phenoxy) is 1. The molecule has 0 atom stereocenters. The summed E-state index contributed by atoms with van der Waals surface area (Å²) in [4.78, 5) is 15.1. The lowest BCUT2D eigenvalue weighted by atomic mass is 9.89. The van der Waals surface area contributed by atoms with Gasteiger partial charge in [-0.25, -0.2) is 4.98 Å². The maximum atomic E-state index is 11.3. The Balaban J connectivity index is 2.22. The van der Waals surface area contributed by atoms with Gasteiger partial charge in [0.25, 0.3) is 0 Å². The van der Waals surface area contributed by atoms with Crippen molar-refractivity contribution in [3.8, 4) is 0 Å². The van der Waals surface area contributed by atoms with Crippen LogP contribution in [0.3, 0.4) is 0 Å². The first-order valence-electron chi connectivity index (χ1n) is 6.68. The Morgan fingerprint density at radius 1 is 1.48 bits per heavy atom. The van der Waals surface area contributed by atoms with Crippen molar-refractivity contribution in [2.24, 2.45) is 5.41 Å². The lowest BCUT2D eigenvalue weighted by molar-refractivity contribution is -0.382. The number of aromatic nitrogens is 1. The number of nitrogens with one attached hydrogen (secondary N) is 1. The minimum absolute atomic E-state index is 0.0130.